The van der Waals surface area contributed by atoms with Gasteiger partial charge in [-0.3, -0.25) is 4.98 Å². The lowest BCUT2D eigenvalue weighted by atomic mass is 9.68. The highest BCUT2D eigenvalue weighted by Crippen LogP contribution is 2.46. The fraction of sp³-hybridized carbons (Fsp3) is 0.400. The van der Waals surface area contributed by atoms with E-state index in [4.69, 9.17) is 4.74 Å². The molecule has 0 saturated carbocycles. The number of hydrogen-bond acceptors (Lipinski definition) is 4. The van der Waals surface area contributed by atoms with Gasteiger partial charge in [0.2, 0.25) is 0 Å². The van der Waals surface area contributed by atoms with Crippen molar-refractivity contribution in [1.82, 2.24) is 14.5 Å². The number of nitrogens with zero attached hydrogens (tertiary/aromatic N) is 3. The van der Waals surface area contributed by atoms with Crippen LogP contribution in [0.25, 0.3) is 16.6 Å². The molecule has 0 bridgehead atoms. The average Bonchev–Trinajstić information content (AvgIpc) is 3.04. The summed E-state index contributed by atoms with van der Waals surface area (Å²) in [6, 6.07) is 5.80. The summed E-state index contributed by atoms with van der Waals surface area (Å²) >= 11 is 0. The van der Waals surface area contributed by atoms with E-state index >= 15 is 0 Å². The molecule has 33 heavy (non-hydrogen) atoms. The van der Waals surface area contributed by atoms with Gasteiger partial charge in [-0.2, -0.15) is 0 Å². The van der Waals surface area contributed by atoms with Gasteiger partial charge in [0.1, 0.15) is 11.4 Å². The molecule has 1 spiro atoms. The average molecular weight is 451 g/mol. The van der Waals surface area contributed by atoms with E-state index in [0.29, 0.717) is 18.8 Å². The zero-order valence-electron chi connectivity index (χ0n) is 18.9. The van der Waals surface area contributed by atoms with Crippen molar-refractivity contribution in [3.8, 4) is 5.69 Å². The topological polar surface area (TPSA) is 84.7 Å². The first-order valence-electron chi connectivity index (χ1n) is 11.0. The van der Waals surface area contributed by atoms with E-state index in [1.54, 1.807) is 17.3 Å². The number of hydrogen-bond donors (Lipinski definition) is 1. The van der Waals surface area contributed by atoms with Crippen molar-refractivity contribution in [3.63, 3.8) is 0 Å². The molecule has 3 heterocycles. The van der Waals surface area contributed by atoms with Gasteiger partial charge in [0.25, 0.3) is 0 Å². The summed E-state index contributed by atoms with van der Waals surface area (Å²) < 4.78 is 21.3. The van der Waals surface area contributed by atoms with Crippen LogP contribution in [-0.2, 0) is 17.6 Å². The molecule has 1 aliphatic heterocycles. The molecule has 3 aromatic rings. The Morgan fingerprint density at radius 1 is 1.21 bits per heavy atom. The largest absolute Gasteiger partial charge is 0.478 e. The van der Waals surface area contributed by atoms with Crippen molar-refractivity contribution in [2.24, 2.45) is 5.41 Å². The maximum atomic E-state index is 13.8. The van der Waals surface area contributed by atoms with E-state index in [0.717, 1.165) is 47.5 Å². The molecule has 1 amide bonds. The third kappa shape index (κ3) is 3.63. The minimum absolute atomic E-state index is 0.0231. The Labute approximate surface area is 190 Å². The van der Waals surface area contributed by atoms with E-state index in [9.17, 15) is 19.1 Å². The number of aromatic carboxylic acids is 1. The molecular formula is C25H26FN3O4. The van der Waals surface area contributed by atoms with Gasteiger partial charge in [-0.25, -0.2) is 14.0 Å². The van der Waals surface area contributed by atoms with Crippen LogP contribution in [0.15, 0.2) is 36.7 Å². The second kappa shape index (κ2) is 7.30. The second-order valence-corrected chi connectivity index (χ2v) is 10.1. The molecule has 8 heteroatoms. The minimum atomic E-state index is -1.18. The van der Waals surface area contributed by atoms with Gasteiger partial charge in [0, 0.05) is 35.8 Å². The molecule has 2 aliphatic rings. The molecule has 1 N–H and O–H groups in total. The molecule has 0 unspecified atom stereocenters. The molecule has 1 aliphatic carbocycles. The van der Waals surface area contributed by atoms with Crippen LogP contribution in [0.5, 0.6) is 0 Å². The van der Waals surface area contributed by atoms with Gasteiger partial charge in [-0.1, -0.05) is 0 Å². The number of pyridine rings is 1. The van der Waals surface area contributed by atoms with Crippen LogP contribution in [0.3, 0.4) is 0 Å². The second-order valence-electron chi connectivity index (χ2n) is 10.1. The number of ether oxygens (including phenoxy) is 1. The fourth-order valence-corrected chi connectivity index (χ4v) is 5.20. The number of benzene rings is 1. The monoisotopic (exact) mass is 451 g/mol. The van der Waals surface area contributed by atoms with Crippen molar-refractivity contribution >= 4 is 23.0 Å². The Balaban J connectivity index is 1.53. The highest BCUT2D eigenvalue weighted by molar-refractivity contribution is 5.94. The smallest absolute Gasteiger partial charge is 0.410 e. The normalized spacial score (nSPS) is 17.0. The van der Waals surface area contributed by atoms with Crippen LogP contribution >= 0.6 is 0 Å². The van der Waals surface area contributed by atoms with Crippen LogP contribution in [0.1, 0.15) is 48.8 Å². The lowest BCUT2D eigenvalue weighted by Crippen LogP contribution is -2.61. The summed E-state index contributed by atoms with van der Waals surface area (Å²) in [4.78, 5) is 30.3. The number of carbonyl (C=O) groups is 2. The first-order chi connectivity index (χ1) is 15.6. The number of carboxylic acids is 1. The summed E-state index contributed by atoms with van der Waals surface area (Å²) in [6.07, 6.45) is 5.53. The molecule has 1 fully saturated rings. The maximum absolute atomic E-state index is 13.8. The van der Waals surface area contributed by atoms with Crippen LogP contribution in [0.4, 0.5) is 9.18 Å². The van der Waals surface area contributed by atoms with E-state index in [1.807, 2.05) is 31.4 Å². The zero-order valence-corrected chi connectivity index (χ0v) is 18.9. The first-order valence-corrected chi connectivity index (χ1v) is 11.0. The standard InChI is InChI=1S/C25H26FN3O4/c1-24(2,3)33-23(32)28-13-25(14-28)8-6-20-18(11-25)16-7-9-27-12-21(16)29(20)19-5-4-15(26)10-17(19)22(30)31/h4-5,7,9-10,12H,6,8,11,13-14H2,1-3H3,(H,30,31). The van der Waals surface area contributed by atoms with Crippen LogP contribution in [0.2, 0.25) is 0 Å². The lowest BCUT2D eigenvalue weighted by Gasteiger charge is -2.52. The first kappa shape index (κ1) is 21.4. The number of fused-ring (bicyclic) bond motifs is 3. The molecule has 0 radical (unpaired) electrons. The number of carbonyl (C=O) groups excluding carboxylic acids is 1. The highest BCUT2D eigenvalue weighted by atomic mass is 19.1. The van der Waals surface area contributed by atoms with Crippen molar-refractivity contribution in [2.75, 3.05) is 13.1 Å². The number of carboxylic acid groups (broad SMARTS) is 1. The van der Waals surface area contributed by atoms with Crippen LogP contribution < -0.4 is 0 Å². The maximum Gasteiger partial charge on any atom is 0.410 e. The van der Waals surface area contributed by atoms with Gasteiger partial charge < -0.3 is 19.3 Å². The molecular weight excluding hydrogens is 425 g/mol. The van der Waals surface area contributed by atoms with Gasteiger partial charge in [0.05, 0.1) is 23.0 Å². The number of rotatable bonds is 2. The van der Waals surface area contributed by atoms with Gasteiger partial charge in [0.15, 0.2) is 0 Å². The molecule has 172 valence electrons. The quantitative estimate of drug-likeness (QED) is 0.616. The molecule has 5 rings (SSSR count). The third-order valence-electron chi connectivity index (χ3n) is 6.56. The zero-order chi connectivity index (χ0) is 23.5. The summed E-state index contributed by atoms with van der Waals surface area (Å²) in [6.45, 7) is 6.84. The molecule has 1 aromatic carbocycles. The Morgan fingerprint density at radius 3 is 2.67 bits per heavy atom. The number of halogens is 1. The number of aromatic nitrogens is 2. The molecule has 7 nitrogen and oxygen atoms in total. The van der Waals surface area contributed by atoms with Gasteiger partial charge >= 0.3 is 12.1 Å². The number of amides is 1. The summed E-state index contributed by atoms with van der Waals surface area (Å²) in [5.74, 6) is -1.77. The van der Waals surface area contributed by atoms with E-state index in [2.05, 4.69) is 4.98 Å². The Hall–Kier alpha value is -3.42. The molecule has 1 saturated heterocycles. The van der Waals surface area contributed by atoms with Gasteiger partial charge in [-0.15, -0.1) is 0 Å². The summed E-state index contributed by atoms with van der Waals surface area (Å²) in [7, 11) is 0. The molecule has 0 atom stereocenters. The minimum Gasteiger partial charge on any atom is -0.478 e. The van der Waals surface area contributed by atoms with E-state index in [-0.39, 0.29) is 17.1 Å². The van der Waals surface area contributed by atoms with Crippen molar-refractivity contribution < 1.29 is 23.8 Å². The fourth-order valence-electron chi connectivity index (χ4n) is 5.20. The van der Waals surface area contributed by atoms with Gasteiger partial charge in [-0.05, 0) is 69.9 Å². The predicted octanol–water partition coefficient (Wildman–Crippen LogP) is 4.59. The Morgan fingerprint density at radius 2 is 1.97 bits per heavy atom. The number of likely N-dealkylation sites (tertiary alicyclic amines) is 1. The third-order valence-corrected chi connectivity index (χ3v) is 6.56. The molecule has 2 aromatic heterocycles. The van der Waals surface area contributed by atoms with E-state index in [1.165, 1.54) is 12.1 Å². The van der Waals surface area contributed by atoms with Crippen molar-refractivity contribution in [3.05, 3.63) is 59.3 Å². The highest BCUT2D eigenvalue weighted by Gasteiger charge is 2.49. The van der Waals surface area contributed by atoms with Crippen LogP contribution in [-0.4, -0.2) is 50.3 Å². The van der Waals surface area contributed by atoms with E-state index < -0.39 is 17.4 Å². The SMILES string of the molecule is CC(C)(C)OC(=O)N1CC2(CCc3c(c4ccncc4n3-c3ccc(F)cc3C(=O)O)C2)C1. The Kier molecular flexibility index (Phi) is 4.74. The lowest BCUT2D eigenvalue weighted by molar-refractivity contribution is -0.0395. The van der Waals surface area contributed by atoms with Crippen molar-refractivity contribution in [1.29, 1.82) is 0 Å². The Bertz CT molecular complexity index is 1280. The predicted molar refractivity (Wildman–Crippen MR) is 120 cm³/mol. The summed E-state index contributed by atoms with van der Waals surface area (Å²) in [5, 5.41) is 10.7. The van der Waals surface area contributed by atoms with Crippen molar-refractivity contribution in [2.45, 2.75) is 45.6 Å². The van der Waals surface area contributed by atoms with Crippen LogP contribution in [0, 0.1) is 11.2 Å². The summed E-state index contributed by atoms with van der Waals surface area (Å²) in [5.41, 5.74) is 2.76.